The fourth-order valence-corrected chi connectivity index (χ4v) is 4.74. The number of nitrogens with one attached hydrogen (secondary N) is 1. The maximum Gasteiger partial charge on any atom is 0.266 e. The Morgan fingerprint density at radius 3 is 2.13 bits per heavy atom. The highest BCUT2D eigenvalue weighted by molar-refractivity contribution is 14.1. The van der Waals surface area contributed by atoms with E-state index in [0.717, 1.165) is 16.4 Å². The molecule has 0 bridgehead atoms. The fourth-order valence-electron chi connectivity index (χ4n) is 0.843. The quantitative estimate of drug-likeness (QED) is 0.428. The molecule has 1 aromatic carbocycles. The summed E-state index contributed by atoms with van der Waals surface area (Å²) >= 11 is 12.1. The summed E-state index contributed by atoms with van der Waals surface area (Å²) in [6, 6.07) is 3.96. The molecule has 0 aliphatic rings. The van der Waals surface area contributed by atoms with E-state index in [-0.39, 0.29) is 10.9 Å². The molecule has 0 heterocycles. The number of anilines is 1. The van der Waals surface area contributed by atoms with Crippen molar-refractivity contribution in [3.8, 4) is 0 Å². The van der Waals surface area contributed by atoms with E-state index in [1.165, 1.54) is 0 Å². The molecule has 2 nitrogen and oxygen atoms in total. The predicted octanol–water partition coefficient (Wildman–Crippen LogP) is 4.19. The van der Waals surface area contributed by atoms with Gasteiger partial charge in [-0.3, -0.25) is 4.79 Å². The maximum absolute atomic E-state index is 11.4. The predicted molar refractivity (Wildman–Crippen MR) is 88.2 cm³/mol. The average Bonchev–Trinajstić information content (AvgIpc) is 2.10. The fraction of sp³-hybridized carbons (Fsp3) is 0. The number of carbonyl (C=O) groups excluding carboxylic acids is 1. The molecular formula is C9H5ClI3NO. The van der Waals surface area contributed by atoms with E-state index in [0.29, 0.717) is 0 Å². The molecule has 0 saturated heterocycles. The van der Waals surface area contributed by atoms with Crippen LogP contribution in [0.4, 0.5) is 5.69 Å². The monoisotopic (exact) mass is 559 g/mol. The molecule has 0 unspecified atom stereocenters. The van der Waals surface area contributed by atoms with Gasteiger partial charge in [-0.2, -0.15) is 0 Å². The van der Waals surface area contributed by atoms with E-state index in [1.807, 2.05) is 12.1 Å². The Hall–Kier alpha value is 0.910. The Bertz CT molecular complexity index is 410. The van der Waals surface area contributed by atoms with Gasteiger partial charge in [0.15, 0.2) is 0 Å². The molecular weight excluding hydrogens is 554 g/mol. The molecule has 0 aromatic heterocycles. The highest BCUT2D eigenvalue weighted by atomic mass is 127. The number of benzene rings is 1. The lowest BCUT2D eigenvalue weighted by Crippen LogP contribution is -2.13. The molecule has 1 amide bonds. The summed E-state index contributed by atoms with van der Waals surface area (Å²) in [6.45, 7) is 3.38. The number of rotatable bonds is 2. The van der Waals surface area contributed by atoms with Crippen molar-refractivity contribution < 1.29 is 4.79 Å². The lowest BCUT2D eigenvalue weighted by Gasteiger charge is -2.09. The van der Waals surface area contributed by atoms with Gasteiger partial charge in [-0.1, -0.05) is 18.2 Å². The van der Waals surface area contributed by atoms with Gasteiger partial charge in [0, 0.05) is 10.7 Å². The summed E-state index contributed by atoms with van der Waals surface area (Å²) in [7, 11) is 0. The Kier molecular flexibility index (Phi) is 5.60. The van der Waals surface area contributed by atoms with Crippen LogP contribution in [-0.2, 0) is 4.79 Å². The van der Waals surface area contributed by atoms with Crippen molar-refractivity contribution in [3.63, 3.8) is 0 Å². The zero-order valence-corrected chi connectivity index (χ0v) is 14.5. The minimum absolute atomic E-state index is 0.0137. The van der Waals surface area contributed by atoms with Gasteiger partial charge in [0.1, 0.15) is 0 Å². The van der Waals surface area contributed by atoms with Crippen molar-refractivity contribution >= 4 is 91.0 Å². The third kappa shape index (κ3) is 4.00. The Morgan fingerprint density at radius 1 is 1.27 bits per heavy atom. The first kappa shape index (κ1) is 14.0. The molecule has 0 fully saturated rings. The molecule has 0 atom stereocenters. The summed E-state index contributed by atoms with van der Waals surface area (Å²) in [5.74, 6) is -0.367. The topological polar surface area (TPSA) is 29.1 Å². The molecule has 80 valence electrons. The first-order chi connectivity index (χ1) is 6.91. The first-order valence-electron chi connectivity index (χ1n) is 3.72. The van der Waals surface area contributed by atoms with E-state index in [2.05, 4.69) is 79.7 Å². The molecule has 0 radical (unpaired) electrons. The minimum atomic E-state index is -0.367. The molecule has 6 heteroatoms. The van der Waals surface area contributed by atoms with Gasteiger partial charge in [0.25, 0.3) is 5.91 Å². The van der Waals surface area contributed by atoms with Gasteiger partial charge in [-0.15, -0.1) is 0 Å². The van der Waals surface area contributed by atoms with Crippen molar-refractivity contribution in [2.24, 2.45) is 0 Å². The van der Waals surface area contributed by atoms with Crippen LogP contribution in [-0.4, -0.2) is 5.91 Å². The largest absolute Gasteiger partial charge is 0.319 e. The molecule has 1 N–H and O–H groups in total. The number of amides is 1. The Morgan fingerprint density at radius 2 is 1.73 bits per heavy atom. The smallest absolute Gasteiger partial charge is 0.266 e. The van der Waals surface area contributed by atoms with Crippen LogP contribution in [0.15, 0.2) is 23.7 Å². The second-order valence-corrected chi connectivity index (χ2v) is 6.63. The second-order valence-electron chi connectivity index (χ2n) is 2.60. The zero-order valence-electron chi connectivity index (χ0n) is 7.28. The van der Waals surface area contributed by atoms with Gasteiger partial charge in [0.2, 0.25) is 0 Å². The zero-order chi connectivity index (χ0) is 11.6. The summed E-state index contributed by atoms with van der Waals surface area (Å²) in [5.41, 5.74) is 0.781. The van der Waals surface area contributed by atoms with E-state index in [1.54, 1.807) is 0 Å². The van der Waals surface area contributed by atoms with Crippen LogP contribution >= 0.6 is 79.4 Å². The standard InChI is InChI=1S/C9H5ClI3NO/c1-4(10)9(15)14-8-6(12)2-5(11)3-7(8)13/h2-3H,1H2,(H,14,15). The number of carbonyl (C=O) groups is 1. The van der Waals surface area contributed by atoms with Gasteiger partial charge in [-0.05, 0) is 79.9 Å². The molecule has 0 aliphatic carbocycles. The Labute approximate surface area is 134 Å². The summed E-state index contributed by atoms with van der Waals surface area (Å²) in [5, 5.41) is 2.70. The van der Waals surface area contributed by atoms with Gasteiger partial charge >= 0.3 is 0 Å². The molecule has 0 aliphatic heterocycles. The van der Waals surface area contributed by atoms with Gasteiger partial charge in [-0.25, -0.2) is 0 Å². The maximum atomic E-state index is 11.4. The van der Waals surface area contributed by atoms with Gasteiger partial charge in [0.05, 0.1) is 10.7 Å². The molecule has 1 aromatic rings. The van der Waals surface area contributed by atoms with Crippen molar-refractivity contribution in [3.05, 3.63) is 34.5 Å². The third-order valence-electron chi connectivity index (χ3n) is 1.49. The summed E-state index contributed by atoms with van der Waals surface area (Å²) < 4.78 is 3.09. The summed E-state index contributed by atoms with van der Waals surface area (Å²) in [4.78, 5) is 11.4. The molecule has 0 spiro atoms. The van der Waals surface area contributed by atoms with Crippen LogP contribution in [0.3, 0.4) is 0 Å². The van der Waals surface area contributed by atoms with Crippen LogP contribution in [0.2, 0.25) is 0 Å². The van der Waals surface area contributed by atoms with Crippen molar-refractivity contribution in [2.45, 2.75) is 0 Å². The van der Waals surface area contributed by atoms with Crippen LogP contribution in [0.1, 0.15) is 0 Å². The lowest BCUT2D eigenvalue weighted by molar-refractivity contribution is -0.112. The van der Waals surface area contributed by atoms with E-state index < -0.39 is 0 Å². The number of hydrogen-bond donors (Lipinski definition) is 1. The van der Waals surface area contributed by atoms with Crippen LogP contribution in [0.25, 0.3) is 0 Å². The van der Waals surface area contributed by atoms with E-state index in [9.17, 15) is 4.79 Å². The van der Waals surface area contributed by atoms with E-state index >= 15 is 0 Å². The summed E-state index contributed by atoms with van der Waals surface area (Å²) in [6.07, 6.45) is 0. The number of hydrogen-bond acceptors (Lipinski definition) is 1. The van der Waals surface area contributed by atoms with Crippen LogP contribution < -0.4 is 5.32 Å². The van der Waals surface area contributed by atoms with Crippen LogP contribution in [0, 0.1) is 10.7 Å². The number of halogens is 4. The molecule has 1 rings (SSSR count). The van der Waals surface area contributed by atoms with Crippen molar-refractivity contribution in [1.82, 2.24) is 0 Å². The first-order valence-corrected chi connectivity index (χ1v) is 7.33. The highest BCUT2D eigenvalue weighted by Crippen LogP contribution is 2.27. The second kappa shape index (κ2) is 6.01. The SMILES string of the molecule is C=C(Cl)C(=O)Nc1c(I)cc(I)cc1I. The lowest BCUT2D eigenvalue weighted by atomic mass is 10.3. The highest BCUT2D eigenvalue weighted by Gasteiger charge is 2.11. The van der Waals surface area contributed by atoms with E-state index in [4.69, 9.17) is 11.6 Å². The van der Waals surface area contributed by atoms with Crippen molar-refractivity contribution in [2.75, 3.05) is 5.32 Å². The normalized spacial score (nSPS) is 9.87. The Balaban J connectivity index is 3.05. The van der Waals surface area contributed by atoms with Crippen LogP contribution in [0.5, 0.6) is 0 Å². The van der Waals surface area contributed by atoms with Gasteiger partial charge < -0.3 is 5.32 Å². The molecule has 15 heavy (non-hydrogen) atoms. The minimum Gasteiger partial charge on any atom is -0.319 e. The van der Waals surface area contributed by atoms with Crippen molar-refractivity contribution in [1.29, 1.82) is 0 Å². The average molecular weight is 559 g/mol. The molecule has 0 saturated carbocycles. The third-order valence-corrected chi connectivity index (χ3v) is 3.99.